The molecule has 0 saturated carbocycles. The van der Waals surface area contributed by atoms with Crippen molar-refractivity contribution >= 4 is 48.1 Å². The van der Waals surface area contributed by atoms with Gasteiger partial charge in [0.05, 0.1) is 0 Å². The molecule has 0 bridgehead atoms. The Bertz CT molecular complexity index is 1240. The summed E-state index contributed by atoms with van der Waals surface area (Å²) in [5.74, 6) is 2.41. The Morgan fingerprint density at radius 3 is 1.16 bits per heavy atom. The van der Waals surface area contributed by atoms with Crippen molar-refractivity contribution in [1.82, 2.24) is 0 Å². The normalized spacial score (nSPS) is 11.0. The van der Waals surface area contributed by atoms with Gasteiger partial charge in [-0.25, -0.2) is 0 Å². The van der Waals surface area contributed by atoms with Crippen LogP contribution in [0.2, 0.25) is 13.1 Å². The number of halogens is 2. The maximum atomic E-state index is 4.93. The van der Waals surface area contributed by atoms with Crippen LogP contribution in [0.5, 0.6) is 0 Å². The molecule has 0 nitrogen and oxygen atoms in total. The summed E-state index contributed by atoms with van der Waals surface area (Å²) in [7, 11) is 11.0. The molecule has 44 heavy (non-hydrogen) atoms. The van der Waals surface area contributed by atoms with E-state index in [1.54, 1.807) is 0 Å². The van der Waals surface area contributed by atoms with Crippen molar-refractivity contribution in [3.63, 3.8) is 0 Å². The first-order valence-corrected chi connectivity index (χ1v) is 25.2. The summed E-state index contributed by atoms with van der Waals surface area (Å²) in [6.45, 7) is 27.2. The Balaban J connectivity index is 0.000000373. The molecular formula is C40H60Cl2SiZr. The molecule has 0 aromatic heterocycles. The first kappa shape index (κ1) is 41.4. The molecule has 4 rings (SSSR count). The van der Waals surface area contributed by atoms with E-state index in [1.165, 1.54) is 93.5 Å². The van der Waals surface area contributed by atoms with E-state index in [2.05, 4.69) is 131 Å². The third-order valence-corrected chi connectivity index (χ3v) is 8.09. The van der Waals surface area contributed by atoms with Crippen LogP contribution in [0.15, 0.2) is 48.5 Å². The van der Waals surface area contributed by atoms with Gasteiger partial charge >= 0.3 is 37.9 Å². The summed E-state index contributed by atoms with van der Waals surface area (Å²) in [4.78, 5) is 0. The maximum absolute atomic E-state index is 4.93. The number of rotatable bonds is 10. The first-order valence-electron chi connectivity index (χ1n) is 16.9. The monoisotopic (exact) mass is 728 g/mol. The molecule has 0 aliphatic heterocycles. The van der Waals surface area contributed by atoms with Gasteiger partial charge in [-0.1, -0.05) is 142 Å². The van der Waals surface area contributed by atoms with Crippen molar-refractivity contribution in [2.45, 2.75) is 145 Å². The van der Waals surface area contributed by atoms with Gasteiger partial charge in [-0.05, 0) is 36.5 Å². The van der Waals surface area contributed by atoms with Crippen molar-refractivity contribution in [2.24, 2.45) is 0 Å². The Morgan fingerprint density at radius 1 is 0.591 bits per heavy atom. The van der Waals surface area contributed by atoms with Gasteiger partial charge in [0.1, 0.15) is 0 Å². The molecule has 242 valence electrons. The van der Waals surface area contributed by atoms with E-state index < -0.39 is 20.8 Å². The quantitative estimate of drug-likeness (QED) is 0.113. The minimum atomic E-state index is -0.826. The molecule has 4 aromatic rings. The molecule has 0 heterocycles. The zero-order chi connectivity index (χ0) is 33.4. The van der Waals surface area contributed by atoms with E-state index in [9.17, 15) is 0 Å². The topological polar surface area (TPSA) is 0 Å². The van der Waals surface area contributed by atoms with Crippen LogP contribution >= 0.6 is 17.0 Å². The molecular weight excluding hydrogens is 671 g/mol. The van der Waals surface area contributed by atoms with Crippen LogP contribution in [0.3, 0.4) is 0 Å². The standard InChI is InChI=1S/2C19H27.C2H6Si.2ClH.Zr/c2*1-6-7-8-15-9-17-11-16(13(2)3)12-18(14(4)5)19(17)10-15;1-3-2;;;/h2*9-14H,6-8H2,1-5H3;1-2H3;2*1H;/q2*-1;;;;+4/p-2. The zero-order valence-electron chi connectivity index (χ0n) is 29.9. The number of hydrogen-bond acceptors (Lipinski definition) is 0. The number of benzene rings is 2. The molecule has 0 spiro atoms. The summed E-state index contributed by atoms with van der Waals surface area (Å²) in [6, 6.07) is 19.3. The van der Waals surface area contributed by atoms with Crippen molar-refractivity contribution in [3.8, 4) is 0 Å². The molecule has 0 atom stereocenters. The van der Waals surface area contributed by atoms with Gasteiger partial charge in [-0.15, -0.1) is 56.9 Å². The van der Waals surface area contributed by atoms with Gasteiger partial charge in [-0.2, -0.15) is 12.1 Å². The molecule has 0 amide bonds. The van der Waals surface area contributed by atoms with E-state index in [0.717, 1.165) is 9.52 Å². The Labute approximate surface area is 293 Å². The fourth-order valence-corrected chi connectivity index (χ4v) is 5.54. The van der Waals surface area contributed by atoms with E-state index in [0.29, 0.717) is 23.7 Å². The Hall–Kier alpha value is -0.660. The van der Waals surface area contributed by atoms with Gasteiger partial charge in [0.25, 0.3) is 0 Å². The van der Waals surface area contributed by atoms with Crippen LogP contribution < -0.4 is 0 Å². The van der Waals surface area contributed by atoms with Gasteiger partial charge in [0.2, 0.25) is 0 Å². The predicted molar refractivity (Wildman–Crippen MR) is 202 cm³/mol. The molecule has 0 saturated heterocycles. The third kappa shape index (κ3) is 13.2. The first-order chi connectivity index (χ1) is 20.9. The average Bonchev–Trinajstić information content (AvgIpc) is 3.58. The van der Waals surface area contributed by atoms with E-state index >= 15 is 0 Å². The van der Waals surface area contributed by atoms with Gasteiger partial charge < -0.3 is 0 Å². The van der Waals surface area contributed by atoms with Gasteiger partial charge in [0, 0.05) is 9.52 Å². The van der Waals surface area contributed by atoms with E-state index in [4.69, 9.17) is 17.0 Å². The fraction of sp³-hybridized carbons (Fsp3) is 0.550. The van der Waals surface area contributed by atoms with Gasteiger partial charge in [-0.3, -0.25) is 0 Å². The second-order valence-electron chi connectivity index (χ2n) is 13.4. The third-order valence-electron chi connectivity index (χ3n) is 8.09. The number of hydrogen-bond donors (Lipinski definition) is 0. The Morgan fingerprint density at radius 2 is 0.909 bits per heavy atom. The van der Waals surface area contributed by atoms with Crippen LogP contribution in [-0.2, 0) is 33.7 Å². The van der Waals surface area contributed by atoms with Crippen molar-refractivity contribution < 1.29 is 20.8 Å². The number of unbranched alkanes of at least 4 members (excludes halogenated alkanes) is 2. The second kappa shape index (κ2) is 22.0. The summed E-state index contributed by atoms with van der Waals surface area (Å²) < 4.78 is 0. The predicted octanol–water partition coefficient (Wildman–Crippen LogP) is 14.5. The average molecular weight is 731 g/mol. The molecule has 0 aliphatic rings. The summed E-state index contributed by atoms with van der Waals surface area (Å²) >= 11 is -0.826. The summed E-state index contributed by atoms with van der Waals surface area (Å²) in [5.41, 5.74) is 9.01. The van der Waals surface area contributed by atoms with E-state index in [-0.39, 0.29) is 0 Å². The number of fused-ring (bicyclic) bond motifs is 2. The molecule has 0 aliphatic carbocycles. The SMILES string of the molecule is CCCCc1cc2c(C(C)C)cc(C(C)C)cc2[cH-]1.CCCCc1cc2c(C(C)C)cc(C(C)C)cc2[cH-]1.C[Si]C.[Cl][Zr+2][Cl]. The fourth-order valence-electron chi connectivity index (χ4n) is 5.54. The molecule has 0 N–H and O–H groups in total. The van der Waals surface area contributed by atoms with Crippen molar-refractivity contribution in [1.29, 1.82) is 0 Å². The molecule has 2 radical (unpaired) electrons. The van der Waals surface area contributed by atoms with Crippen molar-refractivity contribution in [3.05, 3.63) is 81.9 Å². The summed E-state index contributed by atoms with van der Waals surface area (Å²) in [5, 5.41) is 5.85. The molecule has 0 unspecified atom stereocenters. The van der Waals surface area contributed by atoms with Crippen LogP contribution in [0, 0.1) is 0 Å². The zero-order valence-corrected chi connectivity index (χ0v) is 34.9. The molecule has 0 fully saturated rings. The van der Waals surface area contributed by atoms with Crippen molar-refractivity contribution in [2.75, 3.05) is 0 Å². The Kier molecular flexibility index (Phi) is 20.7. The second-order valence-corrected chi connectivity index (χ2v) is 18.1. The number of aryl methyl sites for hydroxylation is 2. The minimum absolute atomic E-state index is 0.600. The van der Waals surface area contributed by atoms with Crippen LogP contribution in [-0.4, -0.2) is 9.52 Å². The van der Waals surface area contributed by atoms with Crippen LogP contribution in [0.4, 0.5) is 0 Å². The summed E-state index contributed by atoms with van der Waals surface area (Å²) in [6.07, 6.45) is 7.58. The molecule has 4 heteroatoms. The van der Waals surface area contributed by atoms with E-state index in [1.807, 2.05) is 0 Å². The van der Waals surface area contributed by atoms with Crippen LogP contribution in [0.25, 0.3) is 21.5 Å². The molecule has 4 aromatic carbocycles. The van der Waals surface area contributed by atoms with Crippen LogP contribution in [0.1, 0.15) is 152 Å². The van der Waals surface area contributed by atoms with Gasteiger partial charge in [0.15, 0.2) is 0 Å².